The van der Waals surface area contributed by atoms with Gasteiger partial charge < -0.3 is 14.8 Å². The summed E-state index contributed by atoms with van der Waals surface area (Å²) < 4.78 is 9.53. The van der Waals surface area contributed by atoms with E-state index < -0.39 is 0 Å². The Bertz CT molecular complexity index is 287. The molecule has 2 rings (SSSR count). The highest BCUT2D eigenvalue weighted by Gasteiger charge is 2.15. The maximum Gasteiger partial charge on any atom is 0.292 e. The first-order valence-corrected chi connectivity index (χ1v) is 5.10. The maximum absolute atomic E-state index is 8.95. The van der Waals surface area contributed by atoms with Gasteiger partial charge in [-0.05, 0) is 25.1 Å². The van der Waals surface area contributed by atoms with E-state index in [0.717, 1.165) is 25.3 Å². The van der Waals surface area contributed by atoms with Gasteiger partial charge in [0.15, 0.2) is 0 Å². The van der Waals surface area contributed by atoms with Gasteiger partial charge >= 0.3 is 0 Å². The molecule has 0 aliphatic carbocycles. The molecule has 0 radical (unpaired) electrons. The van der Waals surface area contributed by atoms with E-state index in [4.69, 9.17) is 9.53 Å². The number of pyridine rings is 1. The van der Waals surface area contributed by atoms with Gasteiger partial charge in [-0.2, -0.15) is 0 Å². The van der Waals surface area contributed by atoms with Crippen molar-refractivity contribution in [3.63, 3.8) is 0 Å². The highest BCUT2D eigenvalue weighted by molar-refractivity contribution is 5.36. The summed E-state index contributed by atoms with van der Waals surface area (Å²) in [5, 5.41) is 3.25. The molecule has 0 saturated carbocycles. The van der Waals surface area contributed by atoms with E-state index in [0.29, 0.717) is 12.6 Å². The number of rotatable bonds is 3. The highest BCUT2D eigenvalue weighted by Crippen LogP contribution is 2.12. The Morgan fingerprint density at radius 1 is 1.50 bits per heavy atom. The second kappa shape index (κ2) is 7.64. The average Bonchev–Trinajstić information content (AvgIpc) is 2.84. The predicted molar refractivity (Wildman–Crippen MR) is 59.2 cm³/mol. The SMILES string of the molecule is COC=O.c1cc(OC2CCNC2)ccn1. The Hall–Kier alpha value is -1.62. The van der Waals surface area contributed by atoms with Crippen molar-refractivity contribution >= 4 is 6.47 Å². The number of methoxy groups -OCH3 is 1. The monoisotopic (exact) mass is 224 g/mol. The summed E-state index contributed by atoms with van der Waals surface area (Å²) in [6, 6.07) is 3.77. The minimum absolute atomic E-state index is 0.340. The van der Waals surface area contributed by atoms with E-state index in [2.05, 4.69) is 15.0 Å². The lowest BCUT2D eigenvalue weighted by Crippen LogP contribution is -2.19. The fourth-order valence-electron chi connectivity index (χ4n) is 1.34. The van der Waals surface area contributed by atoms with Crippen LogP contribution in [0, 0.1) is 0 Å². The lowest BCUT2D eigenvalue weighted by Gasteiger charge is -2.11. The fraction of sp³-hybridized carbons (Fsp3) is 0.455. The molecule has 1 unspecified atom stereocenters. The minimum Gasteiger partial charge on any atom is -0.489 e. The fourth-order valence-corrected chi connectivity index (χ4v) is 1.34. The Balaban J connectivity index is 0.000000280. The number of ether oxygens (including phenoxy) is 2. The van der Waals surface area contributed by atoms with Gasteiger partial charge in [-0.25, -0.2) is 0 Å². The molecule has 5 nitrogen and oxygen atoms in total. The van der Waals surface area contributed by atoms with Crippen LogP contribution in [0.2, 0.25) is 0 Å². The topological polar surface area (TPSA) is 60.5 Å². The van der Waals surface area contributed by atoms with E-state index in [1.54, 1.807) is 12.4 Å². The molecule has 88 valence electrons. The summed E-state index contributed by atoms with van der Waals surface area (Å²) in [5.74, 6) is 0.915. The zero-order chi connectivity index (χ0) is 11.6. The van der Waals surface area contributed by atoms with Crippen molar-refractivity contribution in [3.8, 4) is 5.75 Å². The molecule has 1 atom stereocenters. The number of nitrogens with one attached hydrogen (secondary N) is 1. The van der Waals surface area contributed by atoms with Gasteiger partial charge in [-0.15, -0.1) is 0 Å². The zero-order valence-electron chi connectivity index (χ0n) is 9.26. The second-order valence-electron chi connectivity index (χ2n) is 3.25. The van der Waals surface area contributed by atoms with Crippen LogP contribution in [0.1, 0.15) is 6.42 Å². The van der Waals surface area contributed by atoms with Gasteiger partial charge in [0.1, 0.15) is 11.9 Å². The van der Waals surface area contributed by atoms with Crippen LogP contribution in [-0.4, -0.2) is 37.8 Å². The summed E-state index contributed by atoms with van der Waals surface area (Å²) in [7, 11) is 1.31. The van der Waals surface area contributed by atoms with Crippen LogP contribution in [0.5, 0.6) is 5.75 Å². The van der Waals surface area contributed by atoms with Crippen LogP contribution in [0.25, 0.3) is 0 Å². The summed E-state index contributed by atoms with van der Waals surface area (Å²) >= 11 is 0. The molecule has 1 aliphatic heterocycles. The van der Waals surface area contributed by atoms with Gasteiger partial charge in [0.05, 0.1) is 7.11 Å². The molecule has 0 amide bonds. The van der Waals surface area contributed by atoms with Crippen molar-refractivity contribution in [2.24, 2.45) is 0 Å². The molecule has 5 heteroatoms. The third-order valence-electron chi connectivity index (χ3n) is 2.06. The highest BCUT2D eigenvalue weighted by atomic mass is 16.5. The van der Waals surface area contributed by atoms with Crippen LogP contribution in [0.4, 0.5) is 0 Å². The molecule has 0 bridgehead atoms. The Morgan fingerprint density at radius 2 is 2.19 bits per heavy atom. The number of carbonyl (C=O) groups excluding carboxylic acids is 1. The molecule has 1 aromatic heterocycles. The van der Waals surface area contributed by atoms with Crippen LogP contribution in [-0.2, 0) is 9.53 Å². The molecule has 16 heavy (non-hydrogen) atoms. The summed E-state index contributed by atoms with van der Waals surface area (Å²) in [6.45, 7) is 2.40. The first-order valence-electron chi connectivity index (χ1n) is 5.10. The van der Waals surface area contributed by atoms with Crippen molar-refractivity contribution in [3.05, 3.63) is 24.5 Å². The quantitative estimate of drug-likeness (QED) is 0.762. The molecule has 1 aliphatic rings. The van der Waals surface area contributed by atoms with Gasteiger partial charge in [-0.1, -0.05) is 0 Å². The first kappa shape index (κ1) is 12.4. The van der Waals surface area contributed by atoms with Crippen molar-refractivity contribution in [1.29, 1.82) is 0 Å². The zero-order valence-corrected chi connectivity index (χ0v) is 9.26. The molecule has 0 spiro atoms. The molecular weight excluding hydrogens is 208 g/mol. The van der Waals surface area contributed by atoms with Crippen LogP contribution in [0.15, 0.2) is 24.5 Å². The van der Waals surface area contributed by atoms with Crippen LogP contribution < -0.4 is 10.1 Å². The van der Waals surface area contributed by atoms with Gasteiger partial charge in [0.25, 0.3) is 6.47 Å². The smallest absolute Gasteiger partial charge is 0.292 e. The molecule has 1 fully saturated rings. The largest absolute Gasteiger partial charge is 0.489 e. The minimum atomic E-state index is 0.340. The lowest BCUT2D eigenvalue weighted by atomic mass is 10.3. The summed E-state index contributed by atoms with van der Waals surface area (Å²) in [6.07, 6.45) is 4.94. The second-order valence-corrected chi connectivity index (χ2v) is 3.25. The van der Waals surface area contributed by atoms with Crippen molar-refractivity contribution in [1.82, 2.24) is 10.3 Å². The van der Waals surface area contributed by atoms with E-state index in [1.807, 2.05) is 12.1 Å². The van der Waals surface area contributed by atoms with Gasteiger partial charge in [0.2, 0.25) is 0 Å². The van der Waals surface area contributed by atoms with E-state index in [9.17, 15) is 0 Å². The summed E-state index contributed by atoms with van der Waals surface area (Å²) in [5.41, 5.74) is 0. The Labute approximate surface area is 94.8 Å². The molecule has 1 saturated heterocycles. The lowest BCUT2D eigenvalue weighted by molar-refractivity contribution is -0.126. The maximum atomic E-state index is 8.95. The first-order chi connectivity index (χ1) is 7.86. The molecule has 1 aromatic rings. The normalized spacial score (nSPS) is 18.2. The van der Waals surface area contributed by atoms with Crippen molar-refractivity contribution in [2.75, 3.05) is 20.2 Å². The van der Waals surface area contributed by atoms with Crippen LogP contribution >= 0.6 is 0 Å². The van der Waals surface area contributed by atoms with Gasteiger partial charge in [0, 0.05) is 18.9 Å². The van der Waals surface area contributed by atoms with E-state index in [-0.39, 0.29) is 0 Å². The van der Waals surface area contributed by atoms with E-state index >= 15 is 0 Å². The average molecular weight is 224 g/mol. The molecule has 1 N–H and O–H groups in total. The Morgan fingerprint density at radius 3 is 2.69 bits per heavy atom. The summed E-state index contributed by atoms with van der Waals surface area (Å²) in [4.78, 5) is 12.9. The van der Waals surface area contributed by atoms with Crippen molar-refractivity contribution in [2.45, 2.75) is 12.5 Å². The number of carbonyl (C=O) groups is 1. The molecule has 2 heterocycles. The number of hydrogen-bond acceptors (Lipinski definition) is 5. The van der Waals surface area contributed by atoms with Gasteiger partial charge in [-0.3, -0.25) is 9.78 Å². The van der Waals surface area contributed by atoms with E-state index in [1.165, 1.54) is 7.11 Å². The Kier molecular flexibility index (Phi) is 5.95. The third kappa shape index (κ3) is 4.75. The molecule has 0 aromatic carbocycles. The van der Waals surface area contributed by atoms with Crippen molar-refractivity contribution < 1.29 is 14.3 Å². The third-order valence-corrected chi connectivity index (χ3v) is 2.06. The van der Waals surface area contributed by atoms with Crippen LogP contribution in [0.3, 0.4) is 0 Å². The number of aromatic nitrogens is 1. The number of hydrogen-bond donors (Lipinski definition) is 1. The predicted octanol–water partition coefficient (Wildman–Crippen LogP) is 0.611. The molecular formula is C11H16N2O3. The number of nitrogens with zero attached hydrogens (tertiary/aromatic N) is 1. The standard InChI is InChI=1S/C9H12N2O.C2H4O2/c1-4-10-5-2-8(1)12-9-3-6-11-7-9;1-4-2-3/h1-2,4-5,9,11H,3,6-7H2;2H,1H3.